The summed E-state index contributed by atoms with van der Waals surface area (Å²) in [6.45, 7) is 2.43. The second-order valence-corrected chi connectivity index (χ2v) is 6.86. The lowest BCUT2D eigenvalue weighted by atomic mass is 10.1. The molecule has 1 atom stereocenters. The molecule has 1 unspecified atom stereocenters. The summed E-state index contributed by atoms with van der Waals surface area (Å²) in [6.07, 6.45) is 3.11. The van der Waals surface area contributed by atoms with Gasteiger partial charge in [-0.15, -0.1) is 0 Å². The molecule has 0 bridgehead atoms. The lowest BCUT2D eigenvalue weighted by Gasteiger charge is -2.27. The number of carbonyl (C=O) groups excluding carboxylic acids is 3. The standard InChI is InChI=1S/C17H25N5O5/c1-19(8-13-7-18-20(2)9-13)16(24)14-10-21(3-5-26-12-14)15(23)11-22-4-6-27-17(22)25/h7,9,14H,3-6,8,10-12H2,1-2H3. The van der Waals surface area contributed by atoms with Crippen molar-refractivity contribution in [2.45, 2.75) is 6.54 Å². The van der Waals surface area contributed by atoms with Crippen molar-refractivity contribution >= 4 is 17.9 Å². The lowest BCUT2D eigenvalue weighted by Crippen LogP contribution is -2.46. The van der Waals surface area contributed by atoms with Crippen molar-refractivity contribution < 1.29 is 23.9 Å². The Morgan fingerprint density at radius 2 is 2.15 bits per heavy atom. The van der Waals surface area contributed by atoms with Gasteiger partial charge >= 0.3 is 6.09 Å². The fourth-order valence-electron chi connectivity index (χ4n) is 3.24. The van der Waals surface area contributed by atoms with Gasteiger partial charge in [-0.25, -0.2) is 4.79 Å². The molecule has 2 aliphatic rings. The van der Waals surface area contributed by atoms with Crippen LogP contribution in [0, 0.1) is 5.92 Å². The highest BCUT2D eigenvalue weighted by Gasteiger charge is 2.32. The molecule has 2 aliphatic heterocycles. The molecule has 148 valence electrons. The zero-order valence-corrected chi connectivity index (χ0v) is 15.7. The van der Waals surface area contributed by atoms with Crippen LogP contribution in [0.4, 0.5) is 4.79 Å². The van der Waals surface area contributed by atoms with Gasteiger partial charge in [-0.3, -0.25) is 19.2 Å². The van der Waals surface area contributed by atoms with Gasteiger partial charge in [-0.2, -0.15) is 5.10 Å². The maximum atomic E-state index is 12.8. The van der Waals surface area contributed by atoms with E-state index in [9.17, 15) is 14.4 Å². The summed E-state index contributed by atoms with van der Waals surface area (Å²) in [5, 5.41) is 4.11. The number of aryl methyl sites for hydroxylation is 1. The van der Waals surface area contributed by atoms with E-state index in [1.807, 2.05) is 13.2 Å². The Labute approximate surface area is 157 Å². The molecule has 27 heavy (non-hydrogen) atoms. The van der Waals surface area contributed by atoms with E-state index in [4.69, 9.17) is 9.47 Å². The number of cyclic esters (lactones) is 1. The van der Waals surface area contributed by atoms with E-state index in [2.05, 4.69) is 5.10 Å². The van der Waals surface area contributed by atoms with Crippen molar-refractivity contribution in [2.24, 2.45) is 13.0 Å². The van der Waals surface area contributed by atoms with Crippen molar-refractivity contribution in [3.05, 3.63) is 18.0 Å². The smallest absolute Gasteiger partial charge is 0.410 e. The molecule has 0 aliphatic carbocycles. The molecule has 0 radical (unpaired) electrons. The summed E-state index contributed by atoms with van der Waals surface area (Å²) in [5.41, 5.74) is 0.934. The van der Waals surface area contributed by atoms with Crippen LogP contribution < -0.4 is 0 Å². The number of hydrogen-bond acceptors (Lipinski definition) is 6. The fraction of sp³-hybridized carbons (Fsp3) is 0.647. The SMILES string of the molecule is CN(Cc1cnn(C)c1)C(=O)C1COCCN(C(=O)CN2CCOC2=O)C1. The van der Waals surface area contributed by atoms with Gasteiger partial charge in [0.05, 0.1) is 31.9 Å². The molecular weight excluding hydrogens is 354 g/mol. The average Bonchev–Trinajstić information content (AvgIpc) is 3.13. The predicted octanol–water partition coefficient (Wildman–Crippen LogP) is -0.694. The van der Waals surface area contributed by atoms with Crippen molar-refractivity contribution in [2.75, 3.05) is 53.0 Å². The van der Waals surface area contributed by atoms with E-state index in [0.717, 1.165) is 5.56 Å². The molecule has 3 rings (SSSR count). The summed E-state index contributed by atoms with van der Waals surface area (Å²) in [4.78, 5) is 41.5. The number of ether oxygens (including phenoxy) is 2. The summed E-state index contributed by atoms with van der Waals surface area (Å²) >= 11 is 0. The van der Waals surface area contributed by atoms with Crippen LogP contribution in [0.15, 0.2) is 12.4 Å². The normalized spacial score (nSPS) is 20.4. The van der Waals surface area contributed by atoms with E-state index in [-0.39, 0.29) is 31.5 Å². The summed E-state index contributed by atoms with van der Waals surface area (Å²) in [5.74, 6) is -0.727. The first-order chi connectivity index (χ1) is 12.9. The second kappa shape index (κ2) is 8.38. The maximum absolute atomic E-state index is 12.8. The molecule has 10 nitrogen and oxygen atoms in total. The molecule has 3 heterocycles. The number of aromatic nitrogens is 2. The highest BCUT2D eigenvalue weighted by molar-refractivity contribution is 5.84. The van der Waals surface area contributed by atoms with Crippen LogP contribution in [-0.4, -0.2) is 95.4 Å². The molecule has 0 N–H and O–H groups in total. The molecule has 1 aromatic heterocycles. The largest absolute Gasteiger partial charge is 0.448 e. The third kappa shape index (κ3) is 4.76. The van der Waals surface area contributed by atoms with Crippen LogP contribution in [0.25, 0.3) is 0 Å². The minimum atomic E-state index is -0.474. The van der Waals surface area contributed by atoms with Crippen LogP contribution in [0.3, 0.4) is 0 Å². The van der Waals surface area contributed by atoms with Crippen molar-refractivity contribution in [3.8, 4) is 0 Å². The zero-order valence-electron chi connectivity index (χ0n) is 15.7. The van der Waals surface area contributed by atoms with Crippen LogP contribution in [-0.2, 0) is 32.7 Å². The Kier molecular flexibility index (Phi) is 5.94. The summed E-state index contributed by atoms with van der Waals surface area (Å²) < 4.78 is 12.1. The first-order valence-corrected chi connectivity index (χ1v) is 8.93. The van der Waals surface area contributed by atoms with Crippen LogP contribution in [0.2, 0.25) is 0 Å². The maximum Gasteiger partial charge on any atom is 0.410 e. The first-order valence-electron chi connectivity index (χ1n) is 8.93. The molecule has 2 fully saturated rings. The minimum Gasteiger partial charge on any atom is -0.448 e. The van der Waals surface area contributed by atoms with Crippen molar-refractivity contribution in [1.29, 1.82) is 0 Å². The number of hydrogen-bond donors (Lipinski definition) is 0. The molecule has 10 heteroatoms. The van der Waals surface area contributed by atoms with Gasteiger partial charge in [0.25, 0.3) is 0 Å². The van der Waals surface area contributed by atoms with Gasteiger partial charge < -0.3 is 19.3 Å². The topological polar surface area (TPSA) is 97.2 Å². The zero-order chi connectivity index (χ0) is 19.4. The lowest BCUT2D eigenvalue weighted by molar-refractivity contribution is -0.138. The Bertz CT molecular complexity index is 706. The Morgan fingerprint density at radius 1 is 1.33 bits per heavy atom. The number of amides is 3. The molecule has 3 amide bonds. The van der Waals surface area contributed by atoms with Gasteiger partial charge in [-0.1, -0.05) is 0 Å². The van der Waals surface area contributed by atoms with Crippen molar-refractivity contribution in [3.63, 3.8) is 0 Å². The molecule has 0 saturated carbocycles. The molecule has 0 spiro atoms. The molecule has 2 saturated heterocycles. The minimum absolute atomic E-state index is 0.0364. The van der Waals surface area contributed by atoms with E-state index in [1.165, 1.54) is 4.90 Å². The molecular formula is C17H25N5O5. The quantitative estimate of drug-likeness (QED) is 0.672. The Morgan fingerprint density at radius 3 is 2.81 bits per heavy atom. The summed E-state index contributed by atoms with van der Waals surface area (Å²) in [6, 6.07) is 0. The second-order valence-electron chi connectivity index (χ2n) is 6.86. The summed E-state index contributed by atoms with van der Waals surface area (Å²) in [7, 11) is 3.55. The monoisotopic (exact) mass is 379 g/mol. The van der Waals surface area contributed by atoms with Gasteiger partial charge in [0.1, 0.15) is 13.2 Å². The molecule has 0 aromatic carbocycles. The van der Waals surface area contributed by atoms with Gasteiger partial charge in [0, 0.05) is 45.5 Å². The van der Waals surface area contributed by atoms with Gasteiger partial charge in [0.2, 0.25) is 11.8 Å². The van der Waals surface area contributed by atoms with E-state index in [1.54, 1.807) is 27.7 Å². The van der Waals surface area contributed by atoms with Crippen LogP contribution >= 0.6 is 0 Å². The third-order valence-corrected chi connectivity index (χ3v) is 4.69. The third-order valence-electron chi connectivity index (χ3n) is 4.69. The van der Waals surface area contributed by atoms with Crippen LogP contribution in [0.5, 0.6) is 0 Å². The highest BCUT2D eigenvalue weighted by atomic mass is 16.6. The fourth-order valence-corrected chi connectivity index (χ4v) is 3.24. The van der Waals surface area contributed by atoms with E-state index >= 15 is 0 Å². The number of rotatable bonds is 5. The molecule has 1 aromatic rings. The van der Waals surface area contributed by atoms with E-state index in [0.29, 0.717) is 32.8 Å². The van der Waals surface area contributed by atoms with Gasteiger partial charge in [-0.05, 0) is 0 Å². The van der Waals surface area contributed by atoms with Crippen LogP contribution in [0.1, 0.15) is 5.56 Å². The first kappa shape index (κ1) is 19.2. The average molecular weight is 379 g/mol. The highest BCUT2D eigenvalue weighted by Crippen LogP contribution is 2.13. The predicted molar refractivity (Wildman–Crippen MR) is 93.5 cm³/mol. The number of carbonyl (C=O) groups is 3. The Hall–Kier alpha value is -2.62. The van der Waals surface area contributed by atoms with E-state index < -0.39 is 12.0 Å². The Balaban J connectivity index is 1.58. The van der Waals surface area contributed by atoms with Crippen molar-refractivity contribution in [1.82, 2.24) is 24.5 Å². The number of nitrogens with zero attached hydrogens (tertiary/aromatic N) is 5. The van der Waals surface area contributed by atoms with Gasteiger partial charge in [0.15, 0.2) is 0 Å².